The van der Waals surface area contributed by atoms with E-state index < -0.39 is 11.2 Å². The van der Waals surface area contributed by atoms with E-state index in [1.807, 2.05) is 24.3 Å². The van der Waals surface area contributed by atoms with Crippen molar-refractivity contribution >= 4 is 5.91 Å². The Morgan fingerprint density at radius 2 is 1.93 bits per heavy atom. The number of aromatic amines is 2. The predicted molar refractivity (Wildman–Crippen MR) is 103 cm³/mol. The third kappa shape index (κ3) is 4.23. The Morgan fingerprint density at radius 1 is 1.11 bits per heavy atom. The van der Waals surface area contributed by atoms with Crippen LogP contribution in [0, 0.1) is 0 Å². The first kappa shape index (κ1) is 18.6. The van der Waals surface area contributed by atoms with Crippen molar-refractivity contribution in [2.24, 2.45) is 0 Å². The fraction of sp³-hybridized carbons (Fsp3) is 0.450. The molecule has 3 heterocycles. The first-order chi connectivity index (χ1) is 13.6. The lowest BCUT2D eigenvalue weighted by molar-refractivity contribution is 0.0341. The third-order valence-corrected chi connectivity index (χ3v) is 5.38. The van der Waals surface area contributed by atoms with Gasteiger partial charge in [0.1, 0.15) is 0 Å². The van der Waals surface area contributed by atoms with Crippen molar-refractivity contribution in [3.05, 3.63) is 68.0 Å². The van der Waals surface area contributed by atoms with Crippen LogP contribution in [-0.2, 0) is 11.3 Å². The Kier molecular flexibility index (Phi) is 5.40. The normalized spacial score (nSPS) is 20.4. The standard InChI is InChI=1S/C20H24N4O4/c25-18-11-17(21-20(27)22-18)16-4-5-24(13-16)19(26)15-3-1-2-14(10-15)12-23-6-8-28-9-7-23/h1-3,10-11,16H,4-9,12-13H2,(H2,21,22,25,27). The number of rotatable bonds is 4. The van der Waals surface area contributed by atoms with Crippen LogP contribution in [-0.4, -0.2) is 65.1 Å². The topological polar surface area (TPSA) is 98.5 Å². The molecule has 0 aliphatic carbocycles. The number of likely N-dealkylation sites (tertiary alicyclic amines) is 1. The first-order valence-corrected chi connectivity index (χ1v) is 9.60. The first-order valence-electron chi connectivity index (χ1n) is 9.60. The van der Waals surface area contributed by atoms with E-state index in [2.05, 4.69) is 14.9 Å². The molecule has 2 saturated heterocycles. The summed E-state index contributed by atoms with van der Waals surface area (Å²) in [6.07, 6.45) is 0.721. The molecule has 2 aliphatic rings. The van der Waals surface area contributed by atoms with Crippen molar-refractivity contribution in [3.63, 3.8) is 0 Å². The molecule has 0 radical (unpaired) electrons. The molecule has 1 aromatic heterocycles. The summed E-state index contributed by atoms with van der Waals surface area (Å²) in [5.41, 5.74) is 1.45. The number of nitrogens with one attached hydrogen (secondary N) is 2. The Balaban J connectivity index is 1.44. The molecule has 2 aliphatic heterocycles. The minimum absolute atomic E-state index is 0.0153. The SMILES string of the molecule is O=C(c1cccc(CN2CCOCC2)c1)N1CCC(c2cc(=O)[nH]c(=O)[nH]2)C1. The van der Waals surface area contributed by atoms with Gasteiger partial charge in [0, 0.05) is 56.0 Å². The number of carbonyl (C=O) groups excluding carboxylic acids is 1. The number of morpholine rings is 1. The zero-order valence-corrected chi connectivity index (χ0v) is 15.6. The molecule has 8 nitrogen and oxygen atoms in total. The smallest absolute Gasteiger partial charge is 0.325 e. The minimum atomic E-state index is -0.511. The summed E-state index contributed by atoms with van der Waals surface area (Å²) >= 11 is 0. The van der Waals surface area contributed by atoms with Crippen molar-refractivity contribution < 1.29 is 9.53 Å². The maximum Gasteiger partial charge on any atom is 0.325 e. The van der Waals surface area contributed by atoms with Gasteiger partial charge in [0.2, 0.25) is 0 Å². The quantitative estimate of drug-likeness (QED) is 0.801. The molecule has 1 amide bonds. The van der Waals surface area contributed by atoms with Crippen LogP contribution < -0.4 is 11.2 Å². The third-order valence-electron chi connectivity index (χ3n) is 5.38. The molecule has 28 heavy (non-hydrogen) atoms. The van der Waals surface area contributed by atoms with Gasteiger partial charge in [-0.15, -0.1) is 0 Å². The van der Waals surface area contributed by atoms with E-state index in [1.165, 1.54) is 6.07 Å². The molecule has 0 bridgehead atoms. The van der Waals surface area contributed by atoms with Gasteiger partial charge in [-0.25, -0.2) is 4.79 Å². The largest absolute Gasteiger partial charge is 0.379 e. The second-order valence-corrected chi connectivity index (χ2v) is 7.37. The Bertz CT molecular complexity index is 933. The van der Waals surface area contributed by atoms with Crippen LogP contribution in [0.3, 0.4) is 0 Å². The second-order valence-electron chi connectivity index (χ2n) is 7.37. The van der Waals surface area contributed by atoms with Gasteiger partial charge in [-0.05, 0) is 24.1 Å². The monoisotopic (exact) mass is 384 g/mol. The van der Waals surface area contributed by atoms with E-state index in [4.69, 9.17) is 4.74 Å². The molecule has 0 spiro atoms. The van der Waals surface area contributed by atoms with Gasteiger partial charge in [0.05, 0.1) is 13.2 Å². The number of H-pyrrole nitrogens is 2. The van der Waals surface area contributed by atoms with E-state index >= 15 is 0 Å². The fourth-order valence-corrected chi connectivity index (χ4v) is 3.91. The molecule has 1 aromatic carbocycles. The van der Waals surface area contributed by atoms with Gasteiger partial charge in [-0.2, -0.15) is 0 Å². The summed E-state index contributed by atoms with van der Waals surface area (Å²) in [5.74, 6) is -0.0472. The molecule has 148 valence electrons. The van der Waals surface area contributed by atoms with Crippen LogP contribution >= 0.6 is 0 Å². The minimum Gasteiger partial charge on any atom is -0.379 e. The van der Waals surface area contributed by atoms with Crippen molar-refractivity contribution in [1.82, 2.24) is 19.8 Å². The molecule has 2 aromatic rings. The molecule has 1 unspecified atom stereocenters. The van der Waals surface area contributed by atoms with E-state index in [1.54, 1.807) is 4.90 Å². The van der Waals surface area contributed by atoms with Gasteiger partial charge in [0.25, 0.3) is 11.5 Å². The van der Waals surface area contributed by atoms with Gasteiger partial charge in [0.15, 0.2) is 0 Å². The van der Waals surface area contributed by atoms with Gasteiger partial charge < -0.3 is 14.6 Å². The molecule has 2 N–H and O–H groups in total. The molecule has 1 atom stereocenters. The van der Waals surface area contributed by atoms with E-state index in [0.29, 0.717) is 24.3 Å². The lowest BCUT2D eigenvalue weighted by Crippen LogP contribution is -2.35. The highest BCUT2D eigenvalue weighted by Crippen LogP contribution is 2.26. The molecular weight excluding hydrogens is 360 g/mol. The molecule has 2 fully saturated rings. The number of ether oxygens (including phenoxy) is 1. The summed E-state index contributed by atoms with van der Waals surface area (Å²) in [6.45, 7) is 5.20. The lowest BCUT2D eigenvalue weighted by atomic mass is 10.0. The van der Waals surface area contributed by atoms with Crippen molar-refractivity contribution in [1.29, 1.82) is 0 Å². The molecule has 4 rings (SSSR count). The number of aromatic nitrogens is 2. The predicted octanol–water partition coefficient (Wildman–Crippen LogP) is 0.525. The summed E-state index contributed by atoms with van der Waals surface area (Å²) < 4.78 is 5.38. The maximum absolute atomic E-state index is 13.0. The second kappa shape index (κ2) is 8.12. The number of amides is 1. The summed E-state index contributed by atoms with van der Waals surface area (Å²) in [5, 5.41) is 0. The molecule has 8 heteroatoms. The van der Waals surface area contributed by atoms with Gasteiger partial charge >= 0.3 is 5.69 Å². The zero-order chi connectivity index (χ0) is 19.5. The Labute approximate surface area is 162 Å². The van der Waals surface area contributed by atoms with Crippen LogP contribution in [0.15, 0.2) is 39.9 Å². The summed E-state index contributed by atoms with van der Waals surface area (Å²) in [4.78, 5) is 45.0. The molecule has 0 saturated carbocycles. The van der Waals surface area contributed by atoms with Crippen LogP contribution in [0.25, 0.3) is 0 Å². The van der Waals surface area contributed by atoms with Gasteiger partial charge in [-0.1, -0.05) is 12.1 Å². The Morgan fingerprint density at radius 3 is 2.71 bits per heavy atom. The average molecular weight is 384 g/mol. The van der Waals surface area contributed by atoms with Crippen molar-refractivity contribution in [3.8, 4) is 0 Å². The highest BCUT2D eigenvalue weighted by atomic mass is 16.5. The molecular formula is C20H24N4O4. The van der Waals surface area contributed by atoms with E-state index in [-0.39, 0.29) is 11.8 Å². The highest BCUT2D eigenvalue weighted by Gasteiger charge is 2.29. The average Bonchev–Trinajstić information content (AvgIpc) is 3.18. The van der Waals surface area contributed by atoms with Crippen molar-refractivity contribution in [2.45, 2.75) is 18.9 Å². The van der Waals surface area contributed by atoms with Crippen LogP contribution in [0.5, 0.6) is 0 Å². The Hall–Kier alpha value is -2.71. The number of hydrogen-bond donors (Lipinski definition) is 2. The number of hydrogen-bond acceptors (Lipinski definition) is 5. The summed E-state index contributed by atoms with van der Waals surface area (Å²) in [7, 11) is 0. The number of carbonyl (C=O) groups is 1. The lowest BCUT2D eigenvalue weighted by Gasteiger charge is -2.26. The van der Waals surface area contributed by atoms with Crippen LogP contribution in [0.4, 0.5) is 0 Å². The highest BCUT2D eigenvalue weighted by molar-refractivity contribution is 5.94. The van der Waals surface area contributed by atoms with E-state index in [0.717, 1.165) is 44.8 Å². The van der Waals surface area contributed by atoms with Crippen molar-refractivity contribution in [2.75, 3.05) is 39.4 Å². The fourth-order valence-electron chi connectivity index (χ4n) is 3.91. The maximum atomic E-state index is 13.0. The number of benzene rings is 1. The van der Waals surface area contributed by atoms with Gasteiger partial charge in [-0.3, -0.25) is 19.5 Å². The van der Waals surface area contributed by atoms with Crippen LogP contribution in [0.2, 0.25) is 0 Å². The van der Waals surface area contributed by atoms with Crippen LogP contribution in [0.1, 0.15) is 34.0 Å². The number of nitrogens with zero attached hydrogens (tertiary/aromatic N) is 2. The zero-order valence-electron chi connectivity index (χ0n) is 15.6. The summed E-state index contributed by atoms with van der Waals surface area (Å²) in [6, 6.07) is 9.17. The van der Waals surface area contributed by atoms with E-state index in [9.17, 15) is 14.4 Å².